The summed E-state index contributed by atoms with van der Waals surface area (Å²) in [6, 6.07) is 0. The summed E-state index contributed by atoms with van der Waals surface area (Å²) in [5.41, 5.74) is 0. The molecule has 0 aliphatic heterocycles. The molecule has 0 amide bonds. The summed E-state index contributed by atoms with van der Waals surface area (Å²) in [5.74, 6) is 1.75. The normalized spacial score (nSPS) is 25.5. The number of hydrogen-bond donors (Lipinski definition) is 0. The van der Waals surface area contributed by atoms with Crippen molar-refractivity contribution in [1.82, 2.24) is 0 Å². The third kappa shape index (κ3) is 3.60. The maximum atomic E-state index is 2.44. The molecule has 0 saturated carbocycles. The molecule has 1 aliphatic rings. The summed E-state index contributed by atoms with van der Waals surface area (Å²) >= 11 is 0. The van der Waals surface area contributed by atoms with Gasteiger partial charge in [0.05, 0.1) is 0 Å². The molecule has 0 radical (unpaired) electrons. The van der Waals surface area contributed by atoms with Crippen molar-refractivity contribution in [1.29, 1.82) is 0 Å². The molecule has 0 aromatic heterocycles. The van der Waals surface area contributed by atoms with E-state index in [1.54, 1.807) is 0 Å². The first-order valence-electron chi connectivity index (χ1n) is 4.95. The first-order valence-corrected chi connectivity index (χ1v) is 4.95. The Hall–Kier alpha value is -0.260. The zero-order valence-electron chi connectivity index (χ0n) is 7.84. The van der Waals surface area contributed by atoms with Crippen LogP contribution in [0.1, 0.15) is 46.0 Å². The highest BCUT2D eigenvalue weighted by Crippen LogP contribution is 2.22. The SMILES string of the molecule is CC(C)CC1C=CCCCC1. The smallest absolute Gasteiger partial charge is 0.0231 e. The Morgan fingerprint density at radius 3 is 2.91 bits per heavy atom. The Morgan fingerprint density at radius 1 is 1.36 bits per heavy atom. The van der Waals surface area contributed by atoms with Crippen molar-refractivity contribution in [3.8, 4) is 0 Å². The van der Waals surface area contributed by atoms with Gasteiger partial charge in [0.1, 0.15) is 0 Å². The average molecular weight is 152 g/mol. The molecule has 0 bridgehead atoms. The van der Waals surface area contributed by atoms with E-state index in [0.717, 1.165) is 11.8 Å². The molecule has 0 saturated heterocycles. The molecule has 0 heterocycles. The maximum Gasteiger partial charge on any atom is -0.0231 e. The standard InChI is InChI=1S/C11H20/c1-10(2)9-11-7-5-3-4-6-8-11/h5,7,10-11H,3-4,6,8-9H2,1-2H3. The van der Waals surface area contributed by atoms with Crippen LogP contribution in [-0.2, 0) is 0 Å². The van der Waals surface area contributed by atoms with Crippen LogP contribution >= 0.6 is 0 Å². The minimum Gasteiger partial charge on any atom is -0.0883 e. The molecule has 0 aromatic rings. The molecular weight excluding hydrogens is 132 g/mol. The Kier molecular flexibility index (Phi) is 3.68. The van der Waals surface area contributed by atoms with E-state index in [1.165, 1.54) is 32.1 Å². The van der Waals surface area contributed by atoms with Crippen molar-refractivity contribution in [3.63, 3.8) is 0 Å². The van der Waals surface area contributed by atoms with Crippen LogP contribution in [0.15, 0.2) is 12.2 Å². The van der Waals surface area contributed by atoms with E-state index in [1.807, 2.05) is 0 Å². The van der Waals surface area contributed by atoms with Gasteiger partial charge in [0.15, 0.2) is 0 Å². The van der Waals surface area contributed by atoms with Crippen LogP contribution in [0.3, 0.4) is 0 Å². The van der Waals surface area contributed by atoms with Gasteiger partial charge in [-0.3, -0.25) is 0 Å². The van der Waals surface area contributed by atoms with Gasteiger partial charge in [0, 0.05) is 0 Å². The molecule has 1 aliphatic carbocycles. The van der Waals surface area contributed by atoms with E-state index in [9.17, 15) is 0 Å². The zero-order chi connectivity index (χ0) is 8.10. The molecule has 0 spiro atoms. The Labute approximate surface area is 70.7 Å². The summed E-state index contributed by atoms with van der Waals surface area (Å²) in [6.45, 7) is 4.64. The Balaban J connectivity index is 2.30. The topological polar surface area (TPSA) is 0 Å². The fraction of sp³-hybridized carbons (Fsp3) is 0.818. The Morgan fingerprint density at radius 2 is 2.18 bits per heavy atom. The summed E-state index contributed by atoms with van der Waals surface area (Å²) < 4.78 is 0. The molecule has 11 heavy (non-hydrogen) atoms. The first kappa shape index (κ1) is 8.83. The van der Waals surface area contributed by atoms with Gasteiger partial charge in [-0.05, 0) is 37.5 Å². The van der Waals surface area contributed by atoms with Crippen molar-refractivity contribution in [2.24, 2.45) is 11.8 Å². The summed E-state index contributed by atoms with van der Waals surface area (Å²) in [4.78, 5) is 0. The van der Waals surface area contributed by atoms with Crippen LogP contribution in [0.25, 0.3) is 0 Å². The van der Waals surface area contributed by atoms with Crippen LogP contribution in [0.2, 0.25) is 0 Å². The van der Waals surface area contributed by atoms with E-state index < -0.39 is 0 Å². The monoisotopic (exact) mass is 152 g/mol. The molecule has 0 N–H and O–H groups in total. The van der Waals surface area contributed by atoms with E-state index in [0.29, 0.717) is 0 Å². The molecule has 0 nitrogen and oxygen atoms in total. The predicted octanol–water partition coefficient (Wildman–Crippen LogP) is 3.78. The van der Waals surface area contributed by atoms with Crippen molar-refractivity contribution in [2.45, 2.75) is 46.0 Å². The summed E-state index contributed by atoms with van der Waals surface area (Å²) in [6.07, 6.45) is 11.8. The lowest BCUT2D eigenvalue weighted by atomic mass is 9.93. The minimum atomic E-state index is 0.864. The van der Waals surface area contributed by atoms with Crippen LogP contribution in [0.4, 0.5) is 0 Å². The summed E-state index contributed by atoms with van der Waals surface area (Å²) in [7, 11) is 0. The molecule has 0 heteroatoms. The van der Waals surface area contributed by atoms with Gasteiger partial charge < -0.3 is 0 Å². The average Bonchev–Trinajstić information content (AvgIpc) is 2.14. The molecule has 0 fully saturated rings. The zero-order valence-corrected chi connectivity index (χ0v) is 7.84. The van der Waals surface area contributed by atoms with Crippen molar-refractivity contribution < 1.29 is 0 Å². The van der Waals surface area contributed by atoms with Crippen molar-refractivity contribution in [2.75, 3.05) is 0 Å². The van der Waals surface area contributed by atoms with Gasteiger partial charge in [-0.1, -0.05) is 32.4 Å². The van der Waals surface area contributed by atoms with Crippen molar-refractivity contribution >= 4 is 0 Å². The van der Waals surface area contributed by atoms with Crippen LogP contribution < -0.4 is 0 Å². The minimum absolute atomic E-state index is 0.864. The van der Waals surface area contributed by atoms with Crippen molar-refractivity contribution in [3.05, 3.63) is 12.2 Å². The van der Waals surface area contributed by atoms with E-state index in [4.69, 9.17) is 0 Å². The highest BCUT2D eigenvalue weighted by atomic mass is 14.1. The lowest BCUT2D eigenvalue weighted by molar-refractivity contribution is 0.444. The van der Waals surface area contributed by atoms with Gasteiger partial charge in [0.2, 0.25) is 0 Å². The molecule has 0 aromatic carbocycles. The van der Waals surface area contributed by atoms with Gasteiger partial charge in [-0.2, -0.15) is 0 Å². The third-order valence-corrected chi connectivity index (χ3v) is 2.38. The highest BCUT2D eigenvalue weighted by molar-refractivity contribution is 4.91. The van der Waals surface area contributed by atoms with Crippen LogP contribution in [0.5, 0.6) is 0 Å². The van der Waals surface area contributed by atoms with Gasteiger partial charge in [-0.25, -0.2) is 0 Å². The quantitative estimate of drug-likeness (QED) is 0.528. The Bertz CT molecular complexity index is 122. The number of rotatable bonds is 2. The van der Waals surface area contributed by atoms with Crippen LogP contribution in [-0.4, -0.2) is 0 Å². The highest BCUT2D eigenvalue weighted by Gasteiger charge is 2.08. The van der Waals surface area contributed by atoms with Crippen LogP contribution in [0, 0.1) is 11.8 Å². The second kappa shape index (κ2) is 4.58. The van der Waals surface area contributed by atoms with Gasteiger partial charge in [0.25, 0.3) is 0 Å². The molecule has 1 unspecified atom stereocenters. The molecule has 64 valence electrons. The van der Waals surface area contributed by atoms with Gasteiger partial charge >= 0.3 is 0 Å². The fourth-order valence-corrected chi connectivity index (χ4v) is 1.86. The molecule has 1 atom stereocenters. The third-order valence-electron chi connectivity index (χ3n) is 2.38. The van der Waals surface area contributed by atoms with E-state index in [2.05, 4.69) is 26.0 Å². The first-order chi connectivity index (χ1) is 5.29. The predicted molar refractivity (Wildman–Crippen MR) is 50.6 cm³/mol. The van der Waals surface area contributed by atoms with Gasteiger partial charge in [-0.15, -0.1) is 0 Å². The lowest BCUT2D eigenvalue weighted by Gasteiger charge is -2.12. The second-order valence-electron chi connectivity index (χ2n) is 4.10. The van der Waals surface area contributed by atoms with E-state index >= 15 is 0 Å². The fourth-order valence-electron chi connectivity index (χ4n) is 1.86. The lowest BCUT2D eigenvalue weighted by Crippen LogP contribution is -2.00. The molecular formula is C11H20. The molecule has 1 rings (SSSR count). The largest absolute Gasteiger partial charge is 0.0883 e. The maximum absolute atomic E-state index is 2.44. The van der Waals surface area contributed by atoms with E-state index in [-0.39, 0.29) is 0 Å². The number of allylic oxidation sites excluding steroid dienone is 2. The summed E-state index contributed by atoms with van der Waals surface area (Å²) in [5, 5.41) is 0. The second-order valence-corrected chi connectivity index (χ2v) is 4.10. The number of hydrogen-bond acceptors (Lipinski definition) is 0.